The number of hydrogen-bond acceptors (Lipinski definition) is 8. The molecular formula is C21H31F3N6O4S. The van der Waals surface area contributed by atoms with Crippen LogP contribution in [0, 0.1) is 5.41 Å². The molecule has 14 heteroatoms. The molecule has 2 rings (SSSR count). The third-order valence-corrected chi connectivity index (χ3v) is 6.63. The number of hydrogen-bond donors (Lipinski definition) is 4. The number of ether oxygens (including phenoxy) is 1. The van der Waals surface area contributed by atoms with Crippen molar-refractivity contribution >= 4 is 28.0 Å². The molecule has 2 amide bonds. The minimum atomic E-state index is -4.69. The van der Waals surface area contributed by atoms with Crippen LogP contribution in [0.2, 0.25) is 0 Å². The molecule has 0 aliphatic carbocycles. The highest BCUT2D eigenvalue weighted by atomic mass is 32.2. The molecule has 0 saturated carbocycles. The van der Waals surface area contributed by atoms with Crippen molar-refractivity contribution in [2.45, 2.75) is 51.7 Å². The number of likely N-dealkylation sites (N-methyl/N-ethyl adjacent to an activating group) is 1. The van der Waals surface area contributed by atoms with E-state index in [9.17, 15) is 26.4 Å². The molecule has 1 aromatic heterocycles. The van der Waals surface area contributed by atoms with Crippen molar-refractivity contribution in [2.75, 3.05) is 32.6 Å². The van der Waals surface area contributed by atoms with Gasteiger partial charge in [-0.15, -0.1) is 0 Å². The lowest BCUT2D eigenvalue weighted by atomic mass is 9.96. The van der Waals surface area contributed by atoms with E-state index in [-0.39, 0.29) is 35.5 Å². The molecule has 1 aromatic rings. The molecule has 0 radical (unpaired) electrons. The minimum absolute atomic E-state index is 0.000576. The predicted octanol–water partition coefficient (Wildman–Crippen LogP) is 3.17. The number of sulfonamides is 1. The maximum absolute atomic E-state index is 13.4. The van der Waals surface area contributed by atoms with Crippen molar-refractivity contribution in [3.8, 4) is 0 Å². The Bertz CT molecular complexity index is 1060. The fraction of sp³-hybridized carbons (Fsp3) is 0.571. The number of halogens is 3. The topological polar surface area (TPSA) is 137 Å². The van der Waals surface area contributed by atoms with Gasteiger partial charge in [-0.1, -0.05) is 27.7 Å². The zero-order valence-corrected chi connectivity index (χ0v) is 21.2. The molecule has 1 fully saturated rings. The molecule has 1 aliphatic heterocycles. The van der Waals surface area contributed by atoms with Crippen LogP contribution in [-0.2, 0) is 20.9 Å². The number of pyridine rings is 1. The first-order valence-electron chi connectivity index (χ1n) is 10.8. The first kappa shape index (κ1) is 28.4. The van der Waals surface area contributed by atoms with Crippen LogP contribution in [0.15, 0.2) is 16.9 Å². The molecule has 2 heterocycles. The molecule has 35 heavy (non-hydrogen) atoms. The molecule has 1 aliphatic rings. The number of aromatic nitrogens is 1. The number of urea groups is 1. The van der Waals surface area contributed by atoms with Gasteiger partial charge in [0, 0.05) is 12.8 Å². The van der Waals surface area contributed by atoms with E-state index in [0.29, 0.717) is 12.8 Å². The summed E-state index contributed by atoms with van der Waals surface area (Å²) >= 11 is 0. The van der Waals surface area contributed by atoms with E-state index in [2.05, 4.69) is 15.6 Å². The molecule has 4 N–H and O–H groups in total. The molecule has 0 spiro atoms. The molecule has 1 unspecified atom stereocenters. The summed E-state index contributed by atoms with van der Waals surface area (Å²) in [6.45, 7) is 7.03. The van der Waals surface area contributed by atoms with Crippen molar-refractivity contribution in [2.24, 2.45) is 0 Å². The summed E-state index contributed by atoms with van der Waals surface area (Å²) < 4.78 is 73.0. The SMILES string of the molecule is CC(C)c1cc(C(F)(F)F)nc(C(C)C)c1NC(=O)NS(=O)(=O)/C(C=N)=C1/NCC(N(C)C)CO1. The zero-order chi connectivity index (χ0) is 26.7. The highest BCUT2D eigenvalue weighted by Gasteiger charge is 2.35. The van der Waals surface area contributed by atoms with E-state index in [1.165, 1.54) is 0 Å². The third kappa shape index (κ3) is 6.84. The Labute approximate surface area is 202 Å². The van der Waals surface area contributed by atoms with Gasteiger partial charge in [0.15, 0.2) is 4.91 Å². The van der Waals surface area contributed by atoms with Crippen LogP contribution in [0.4, 0.5) is 23.7 Å². The Hall–Kier alpha value is -2.87. The summed E-state index contributed by atoms with van der Waals surface area (Å²) in [6, 6.07) is -0.398. The highest BCUT2D eigenvalue weighted by Crippen LogP contribution is 2.37. The number of allylic oxidation sites excluding steroid dienone is 1. The van der Waals surface area contributed by atoms with Crippen LogP contribution in [-0.4, -0.2) is 63.8 Å². The highest BCUT2D eigenvalue weighted by molar-refractivity contribution is 7.94. The predicted molar refractivity (Wildman–Crippen MR) is 126 cm³/mol. The van der Waals surface area contributed by atoms with Crippen molar-refractivity contribution in [3.05, 3.63) is 33.8 Å². The van der Waals surface area contributed by atoms with E-state index in [4.69, 9.17) is 10.1 Å². The van der Waals surface area contributed by atoms with E-state index < -0.39 is 44.7 Å². The molecule has 1 atom stereocenters. The normalized spacial score (nSPS) is 18.2. The van der Waals surface area contributed by atoms with Gasteiger partial charge < -0.3 is 25.7 Å². The van der Waals surface area contributed by atoms with Gasteiger partial charge in [-0.25, -0.2) is 22.9 Å². The van der Waals surface area contributed by atoms with Crippen LogP contribution >= 0.6 is 0 Å². The Kier molecular flexibility index (Phi) is 8.76. The summed E-state index contributed by atoms with van der Waals surface area (Å²) in [5, 5.41) is 12.7. The van der Waals surface area contributed by atoms with Crippen LogP contribution < -0.4 is 15.4 Å². The molecule has 196 valence electrons. The minimum Gasteiger partial charge on any atom is -0.476 e. The number of anilines is 1. The second-order valence-corrected chi connectivity index (χ2v) is 10.5. The van der Waals surface area contributed by atoms with Crippen molar-refractivity contribution < 1.29 is 31.1 Å². The smallest absolute Gasteiger partial charge is 0.433 e. The average Bonchev–Trinajstić information content (AvgIpc) is 2.72. The van der Waals surface area contributed by atoms with Crippen molar-refractivity contribution in [1.29, 1.82) is 5.41 Å². The molecule has 0 bridgehead atoms. The lowest BCUT2D eigenvalue weighted by Gasteiger charge is -2.31. The number of rotatable bonds is 7. The second-order valence-electron chi connectivity index (χ2n) is 8.87. The quantitative estimate of drug-likeness (QED) is 0.406. The van der Waals surface area contributed by atoms with Gasteiger partial charge in [0.05, 0.1) is 17.4 Å². The summed E-state index contributed by atoms with van der Waals surface area (Å²) in [5.74, 6) is -1.13. The number of nitrogens with one attached hydrogen (secondary N) is 4. The monoisotopic (exact) mass is 520 g/mol. The second kappa shape index (κ2) is 10.8. The Balaban J connectivity index is 2.37. The largest absolute Gasteiger partial charge is 0.476 e. The van der Waals surface area contributed by atoms with Crippen LogP contribution in [0.3, 0.4) is 0 Å². The molecule has 10 nitrogen and oxygen atoms in total. The lowest BCUT2D eigenvalue weighted by molar-refractivity contribution is -0.141. The summed E-state index contributed by atoms with van der Waals surface area (Å²) in [6.07, 6.45) is -4.16. The number of carbonyl (C=O) groups is 1. The molecule has 0 aromatic carbocycles. The standard InChI is InChI=1S/C21H31F3N6O4S/c1-11(2)14-7-16(21(22,23)24)27-17(12(3)4)18(14)28-20(31)29-35(32,33)15(8-25)19-26-9-13(10-34-19)30(5)6/h7-8,11-13,25-26H,9-10H2,1-6H3,(H2,28,29,31)/b19-15-,25-8?. The maximum atomic E-state index is 13.4. The van der Waals surface area contributed by atoms with Crippen molar-refractivity contribution in [1.82, 2.24) is 19.9 Å². The lowest BCUT2D eigenvalue weighted by Crippen LogP contribution is -2.47. The molecule has 1 saturated heterocycles. The average molecular weight is 521 g/mol. The summed E-state index contributed by atoms with van der Waals surface area (Å²) in [5.41, 5.74) is -0.980. The van der Waals surface area contributed by atoms with Crippen LogP contribution in [0.5, 0.6) is 0 Å². The first-order valence-corrected chi connectivity index (χ1v) is 12.3. The van der Waals surface area contributed by atoms with Gasteiger partial charge in [-0.3, -0.25) is 0 Å². The van der Waals surface area contributed by atoms with Gasteiger partial charge in [0.1, 0.15) is 12.3 Å². The third-order valence-electron chi connectivity index (χ3n) is 5.30. The fourth-order valence-electron chi connectivity index (χ4n) is 3.31. The maximum Gasteiger partial charge on any atom is 0.433 e. The number of alkyl halides is 3. The van der Waals surface area contributed by atoms with E-state index in [0.717, 1.165) is 6.07 Å². The van der Waals surface area contributed by atoms with Crippen LogP contribution in [0.1, 0.15) is 56.5 Å². The van der Waals surface area contributed by atoms with Gasteiger partial charge in [0.2, 0.25) is 5.88 Å². The van der Waals surface area contributed by atoms with Gasteiger partial charge >= 0.3 is 12.2 Å². The van der Waals surface area contributed by atoms with Crippen LogP contribution in [0.25, 0.3) is 0 Å². The van der Waals surface area contributed by atoms with Crippen molar-refractivity contribution in [3.63, 3.8) is 0 Å². The van der Waals surface area contributed by atoms with Gasteiger partial charge in [-0.2, -0.15) is 13.2 Å². The Morgan fingerprint density at radius 2 is 1.91 bits per heavy atom. The van der Waals surface area contributed by atoms with E-state index in [1.54, 1.807) is 32.4 Å². The number of amides is 2. The molecular weight excluding hydrogens is 489 g/mol. The number of carbonyl (C=O) groups excluding carboxylic acids is 1. The summed E-state index contributed by atoms with van der Waals surface area (Å²) in [7, 11) is -0.892. The van der Waals surface area contributed by atoms with E-state index in [1.807, 2.05) is 19.0 Å². The van der Waals surface area contributed by atoms with Gasteiger partial charge in [-0.05, 0) is 37.6 Å². The fourth-order valence-corrected chi connectivity index (χ4v) is 4.25. The Morgan fingerprint density at radius 1 is 1.29 bits per heavy atom. The number of nitrogens with zero attached hydrogens (tertiary/aromatic N) is 2. The zero-order valence-electron chi connectivity index (χ0n) is 20.4. The first-order chi connectivity index (χ1) is 16.1. The Morgan fingerprint density at radius 3 is 2.34 bits per heavy atom. The summed E-state index contributed by atoms with van der Waals surface area (Å²) in [4.78, 5) is 17.7. The van der Waals surface area contributed by atoms with Gasteiger partial charge in [0.25, 0.3) is 10.0 Å². The van der Waals surface area contributed by atoms with E-state index >= 15 is 0 Å².